The number of aromatic nitrogens is 4. The van der Waals surface area contributed by atoms with E-state index in [1.165, 1.54) is 19.3 Å². The van der Waals surface area contributed by atoms with E-state index in [0.717, 1.165) is 30.3 Å². The third-order valence-electron chi connectivity index (χ3n) is 4.88. The van der Waals surface area contributed by atoms with Gasteiger partial charge in [-0.15, -0.1) is 5.10 Å². The zero-order valence-electron chi connectivity index (χ0n) is 16.2. The molecule has 0 bridgehead atoms. The molecule has 1 aromatic carbocycles. The highest BCUT2D eigenvalue weighted by molar-refractivity contribution is 5.94. The number of piperidine rings is 1. The lowest BCUT2D eigenvalue weighted by molar-refractivity contribution is 0.0947. The number of anilines is 1. The smallest absolute Gasteiger partial charge is 0.251 e. The molecule has 146 valence electrons. The number of rotatable bonds is 5. The first kappa shape index (κ1) is 18.2. The Morgan fingerprint density at radius 2 is 1.93 bits per heavy atom. The van der Waals surface area contributed by atoms with Crippen LogP contribution in [0.15, 0.2) is 34.9 Å². The number of carbonyl (C=O) groups excluding carboxylic acids is 1. The van der Waals surface area contributed by atoms with Gasteiger partial charge in [0.2, 0.25) is 5.95 Å². The van der Waals surface area contributed by atoms with Crippen LogP contribution in [0.25, 0.3) is 11.4 Å². The third-order valence-corrected chi connectivity index (χ3v) is 4.88. The van der Waals surface area contributed by atoms with Gasteiger partial charge in [-0.05, 0) is 38.3 Å². The normalized spacial score (nSPS) is 14.3. The first-order chi connectivity index (χ1) is 13.6. The number of hydrogen-bond donors (Lipinski definition) is 1. The number of benzene rings is 1. The molecule has 1 fully saturated rings. The van der Waals surface area contributed by atoms with Gasteiger partial charge in [-0.3, -0.25) is 4.79 Å². The van der Waals surface area contributed by atoms with Gasteiger partial charge in [0, 0.05) is 37.3 Å². The van der Waals surface area contributed by atoms with Gasteiger partial charge < -0.3 is 14.7 Å². The van der Waals surface area contributed by atoms with Crippen molar-refractivity contribution >= 4 is 11.9 Å². The van der Waals surface area contributed by atoms with Crippen LogP contribution < -0.4 is 10.2 Å². The standard InChI is InChI=1S/C20H24N6O2/c1-14-12-17(28-24-14)13-21-19(27)16-8-6-15(7-9-16)18-22-20(25(2)23-18)26-10-4-3-5-11-26/h6-9,12H,3-5,10-11,13H2,1-2H3,(H,21,27). The molecule has 1 aliphatic rings. The summed E-state index contributed by atoms with van der Waals surface area (Å²) in [4.78, 5) is 19.3. The highest BCUT2D eigenvalue weighted by atomic mass is 16.5. The van der Waals surface area contributed by atoms with Gasteiger partial charge >= 0.3 is 0 Å². The SMILES string of the molecule is Cc1cc(CNC(=O)c2ccc(-c3nc(N4CCCCC4)n(C)n3)cc2)on1. The van der Waals surface area contributed by atoms with Crippen LogP contribution >= 0.6 is 0 Å². The van der Waals surface area contributed by atoms with Crippen molar-refractivity contribution < 1.29 is 9.32 Å². The van der Waals surface area contributed by atoms with E-state index >= 15 is 0 Å². The molecule has 1 amide bonds. The summed E-state index contributed by atoms with van der Waals surface area (Å²) in [5.41, 5.74) is 2.26. The molecule has 0 unspecified atom stereocenters. The van der Waals surface area contributed by atoms with E-state index in [0.29, 0.717) is 23.7 Å². The van der Waals surface area contributed by atoms with Crippen LogP contribution in [0.5, 0.6) is 0 Å². The predicted octanol–water partition coefficient (Wildman–Crippen LogP) is 2.70. The summed E-state index contributed by atoms with van der Waals surface area (Å²) in [7, 11) is 1.92. The van der Waals surface area contributed by atoms with Crippen LogP contribution in [0.4, 0.5) is 5.95 Å². The molecule has 0 atom stereocenters. The molecule has 3 aromatic rings. The average molecular weight is 380 g/mol. The minimum Gasteiger partial charge on any atom is -0.359 e. The van der Waals surface area contributed by atoms with Gasteiger partial charge in [0.25, 0.3) is 5.91 Å². The largest absolute Gasteiger partial charge is 0.359 e. The Morgan fingerprint density at radius 1 is 1.18 bits per heavy atom. The third kappa shape index (κ3) is 3.90. The maximum atomic E-state index is 12.3. The molecule has 1 saturated heterocycles. The van der Waals surface area contributed by atoms with Gasteiger partial charge in [0.15, 0.2) is 11.6 Å². The molecule has 4 rings (SSSR count). The van der Waals surface area contributed by atoms with Crippen LogP contribution in [0.2, 0.25) is 0 Å². The molecule has 1 N–H and O–H groups in total. The summed E-state index contributed by atoms with van der Waals surface area (Å²) in [6.45, 7) is 4.20. The van der Waals surface area contributed by atoms with Gasteiger partial charge in [-0.2, -0.15) is 4.98 Å². The molecule has 8 nitrogen and oxygen atoms in total. The van der Waals surface area contributed by atoms with Crippen molar-refractivity contribution in [2.45, 2.75) is 32.7 Å². The number of carbonyl (C=O) groups is 1. The Bertz CT molecular complexity index is 953. The molecule has 1 aliphatic heterocycles. The van der Waals surface area contributed by atoms with E-state index in [4.69, 9.17) is 9.51 Å². The molecule has 8 heteroatoms. The van der Waals surface area contributed by atoms with Crippen molar-refractivity contribution in [3.63, 3.8) is 0 Å². The zero-order valence-corrected chi connectivity index (χ0v) is 16.2. The molecule has 0 spiro atoms. The highest BCUT2D eigenvalue weighted by Gasteiger charge is 2.18. The summed E-state index contributed by atoms with van der Waals surface area (Å²) in [6.07, 6.45) is 3.67. The van der Waals surface area contributed by atoms with Crippen molar-refractivity contribution in [1.82, 2.24) is 25.2 Å². The first-order valence-corrected chi connectivity index (χ1v) is 9.57. The van der Waals surface area contributed by atoms with Crippen molar-refractivity contribution in [1.29, 1.82) is 0 Å². The van der Waals surface area contributed by atoms with Crippen LogP contribution in [-0.2, 0) is 13.6 Å². The topological polar surface area (TPSA) is 89.1 Å². The maximum absolute atomic E-state index is 12.3. The quantitative estimate of drug-likeness (QED) is 0.732. The van der Waals surface area contributed by atoms with E-state index < -0.39 is 0 Å². The second-order valence-corrected chi connectivity index (χ2v) is 7.10. The van der Waals surface area contributed by atoms with Crippen LogP contribution in [-0.4, -0.2) is 38.9 Å². The zero-order chi connectivity index (χ0) is 19.5. The summed E-state index contributed by atoms with van der Waals surface area (Å²) in [6, 6.07) is 9.13. The maximum Gasteiger partial charge on any atom is 0.251 e. The molecule has 0 saturated carbocycles. The average Bonchev–Trinajstić information content (AvgIpc) is 3.32. The first-order valence-electron chi connectivity index (χ1n) is 9.57. The summed E-state index contributed by atoms with van der Waals surface area (Å²) in [5, 5.41) is 11.2. The summed E-state index contributed by atoms with van der Waals surface area (Å²) in [5.74, 6) is 2.04. The van der Waals surface area contributed by atoms with E-state index in [1.54, 1.807) is 18.2 Å². The highest BCUT2D eigenvalue weighted by Crippen LogP contribution is 2.22. The lowest BCUT2D eigenvalue weighted by Crippen LogP contribution is -2.31. The lowest BCUT2D eigenvalue weighted by Gasteiger charge is -2.26. The second-order valence-electron chi connectivity index (χ2n) is 7.10. The summed E-state index contributed by atoms with van der Waals surface area (Å²) >= 11 is 0. The van der Waals surface area contributed by atoms with E-state index in [2.05, 4.69) is 20.5 Å². The van der Waals surface area contributed by atoms with Crippen molar-refractivity contribution in [2.75, 3.05) is 18.0 Å². The fraction of sp³-hybridized carbons (Fsp3) is 0.400. The molecule has 2 aromatic heterocycles. The molecule has 3 heterocycles. The Kier molecular flexibility index (Phi) is 5.10. The van der Waals surface area contributed by atoms with Gasteiger partial charge in [-0.25, -0.2) is 4.68 Å². The predicted molar refractivity (Wildman–Crippen MR) is 105 cm³/mol. The number of nitrogens with one attached hydrogen (secondary N) is 1. The lowest BCUT2D eigenvalue weighted by atomic mass is 10.1. The van der Waals surface area contributed by atoms with Crippen LogP contribution in [0.1, 0.15) is 41.1 Å². The van der Waals surface area contributed by atoms with Crippen molar-refractivity contribution in [3.8, 4) is 11.4 Å². The molecule has 28 heavy (non-hydrogen) atoms. The minimum absolute atomic E-state index is 0.163. The van der Waals surface area contributed by atoms with Crippen molar-refractivity contribution in [3.05, 3.63) is 47.3 Å². The molecule has 0 aliphatic carbocycles. The number of amides is 1. The number of aryl methyl sites for hydroxylation is 2. The van der Waals surface area contributed by atoms with Crippen LogP contribution in [0.3, 0.4) is 0 Å². The fourth-order valence-corrected chi connectivity index (χ4v) is 3.41. The number of nitrogens with zero attached hydrogens (tertiary/aromatic N) is 5. The summed E-state index contributed by atoms with van der Waals surface area (Å²) < 4.78 is 6.94. The fourth-order valence-electron chi connectivity index (χ4n) is 3.41. The second kappa shape index (κ2) is 7.84. The monoisotopic (exact) mass is 380 g/mol. The van der Waals surface area contributed by atoms with Gasteiger partial charge in [0.1, 0.15) is 0 Å². The molecular formula is C20H24N6O2. The molecule has 0 radical (unpaired) electrons. The van der Waals surface area contributed by atoms with Gasteiger partial charge in [0.05, 0.1) is 12.2 Å². The Morgan fingerprint density at radius 3 is 2.61 bits per heavy atom. The van der Waals surface area contributed by atoms with Gasteiger partial charge in [-0.1, -0.05) is 17.3 Å². The van der Waals surface area contributed by atoms with Crippen LogP contribution in [0, 0.1) is 6.92 Å². The van der Waals surface area contributed by atoms with E-state index in [9.17, 15) is 4.79 Å². The molecular weight excluding hydrogens is 356 g/mol. The Balaban J connectivity index is 1.43. The van der Waals surface area contributed by atoms with E-state index in [1.807, 2.05) is 30.8 Å². The van der Waals surface area contributed by atoms with E-state index in [-0.39, 0.29) is 5.91 Å². The Hall–Kier alpha value is -3.16. The minimum atomic E-state index is -0.163. The Labute approximate surface area is 163 Å². The number of hydrogen-bond acceptors (Lipinski definition) is 6. The van der Waals surface area contributed by atoms with Crippen molar-refractivity contribution in [2.24, 2.45) is 7.05 Å².